The van der Waals surface area contributed by atoms with Crippen molar-refractivity contribution in [3.63, 3.8) is 0 Å². The Morgan fingerprint density at radius 1 is 0.577 bits per heavy atom. The predicted molar refractivity (Wildman–Crippen MR) is 306 cm³/mol. The lowest BCUT2D eigenvalue weighted by Gasteiger charge is -2.30. The predicted octanol–water partition coefficient (Wildman–Crippen LogP) is 19.1. The summed E-state index contributed by atoms with van der Waals surface area (Å²) in [6, 6.07) is 46.3. The molecule has 0 N–H and O–H groups in total. The summed E-state index contributed by atoms with van der Waals surface area (Å²) in [6.45, 7) is 10.9. The maximum absolute atomic E-state index is 14.2. The highest BCUT2D eigenvalue weighted by Crippen LogP contribution is 2.48. The minimum atomic E-state index is -0.462. The first-order chi connectivity index (χ1) is 34.7. The lowest BCUT2D eigenvalue weighted by Crippen LogP contribution is -2.45. The number of rotatable bonds is 24. The van der Waals surface area contributed by atoms with Crippen LogP contribution in [0, 0.1) is 17.2 Å². The van der Waals surface area contributed by atoms with E-state index >= 15 is 0 Å². The largest absolute Gasteiger partial charge is 0.311 e. The molecular weight excluding hydrogens is 947 g/mol. The molecule has 4 aromatic heterocycles. The fraction of sp³-hybridized carbons (Fsp3) is 0.339. The van der Waals surface area contributed by atoms with E-state index in [9.17, 15) is 14.9 Å². The highest BCUT2D eigenvalue weighted by atomic mass is 32.1. The number of thiophene rings is 4. The van der Waals surface area contributed by atoms with Crippen molar-refractivity contribution in [2.45, 2.75) is 125 Å². The van der Waals surface area contributed by atoms with Gasteiger partial charge in [-0.25, -0.2) is 0 Å². The maximum atomic E-state index is 14.2. The van der Waals surface area contributed by atoms with E-state index in [2.05, 4.69) is 160 Å². The minimum absolute atomic E-state index is 0.0714. The molecule has 71 heavy (non-hydrogen) atoms. The Balaban J connectivity index is 1.08. The number of carbonyl (C=O) groups is 2. The van der Waals surface area contributed by atoms with Crippen LogP contribution in [0.25, 0.3) is 45.8 Å². The zero-order chi connectivity index (χ0) is 49.7. The highest BCUT2D eigenvalue weighted by Gasteiger charge is 2.36. The molecule has 0 radical (unpaired) electrons. The van der Waals surface area contributed by atoms with E-state index in [1.165, 1.54) is 101 Å². The van der Waals surface area contributed by atoms with E-state index in [4.69, 9.17) is 0 Å². The number of anilines is 3. The van der Waals surface area contributed by atoms with Gasteiger partial charge in [0.15, 0.2) is 0 Å². The average Bonchev–Trinajstić information content (AvgIpc) is 4.24. The van der Waals surface area contributed by atoms with Gasteiger partial charge in [0.25, 0.3) is 11.8 Å². The van der Waals surface area contributed by atoms with Crippen LogP contribution in [0.4, 0.5) is 17.1 Å². The number of para-hydroxylation sites is 2. The van der Waals surface area contributed by atoms with Crippen molar-refractivity contribution in [3.8, 4) is 45.8 Å². The smallest absolute Gasteiger partial charge is 0.271 e. The second-order valence-corrected chi connectivity index (χ2v) is 23.1. The summed E-state index contributed by atoms with van der Waals surface area (Å²) in [7, 11) is 0. The standard InChI is InChI=1S/C62H67N3O2S4/c1-6-10-13-17-24-46-38-51(40-52-43(5)53(41-63)62(67)64(61(52)66)42-44(9-4)23-12-8-3)68-59(46)56-36-34-54(69-56)55-35-37-57(70-55)60-47(25-18-14-11-7-2)39-58(71-60)45-30-32-50(33-31-45)65(48-26-19-15-20-27-48)49-28-21-16-22-29-49/h15-16,19-22,26-40,44H,6-14,17-18,23-25,42H2,1-5H3/b52-40+. The molecule has 5 heterocycles. The summed E-state index contributed by atoms with van der Waals surface area (Å²) >= 11 is 7.36. The SMILES string of the molecule is CCCCCCc1cc(/C=C2/C(=O)N(CC(CC)CCCC)C(=O)C(C#N)=C2C)sc1-c1ccc(-c2ccc(-c3sc(-c4ccc(N(c5ccccc5)c5ccccc5)cc4)cc3CCCCCC)s2)s1. The fourth-order valence-corrected chi connectivity index (χ4v) is 14.3. The van der Waals surface area contributed by atoms with Crippen molar-refractivity contribution in [3.05, 3.63) is 154 Å². The van der Waals surface area contributed by atoms with Crippen LogP contribution in [0.15, 0.2) is 138 Å². The number of nitriles is 1. The molecule has 9 heteroatoms. The summed E-state index contributed by atoms with van der Waals surface area (Å²) in [5, 5.41) is 10.2. The Bertz CT molecular complexity index is 2940. The first kappa shape index (κ1) is 51.7. The number of amides is 2. The van der Waals surface area contributed by atoms with E-state index in [0.29, 0.717) is 17.7 Å². The van der Waals surface area contributed by atoms with Crippen LogP contribution >= 0.6 is 45.3 Å². The number of unbranched alkanes of at least 4 members (excludes halogenated alkanes) is 7. The number of benzene rings is 3. The third kappa shape index (κ3) is 12.4. The Hall–Kier alpha value is -5.63. The van der Waals surface area contributed by atoms with Crippen LogP contribution in [-0.2, 0) is 22.4 Å². The molecule has 5 nitrogen and oxygen atoms in total. The highest BCUT2D eigenvalue weighted by molar-refractivity contribution is 7.29. The van der Waals surface area contributed by atoms with Gasteiger partial charge in [-0.1, -0.05) is 134 Å². The molecule has 1 aliphatic rings. The van der Waals surface area contributed by atoms with Crippen LogP contribution in [0.3, 0.4) is 0 Å². The maximum Gasteiger partial charge on any atom is 0.271 e. The molecule has 8 rings (SSSR count). The average molecular weight is 1010 g/mol. The van der Waals surface area contributed by atoms with Gasteiger partial charge in [-0.3, -0.25) is 14.5 Å². The van der Waals surface area contributed by atoms with Gasteiger partial charge in [-0.2, -0.15) is 5.26 Å². The van der Waals surface area contributed by atoms with Crippen LogP contribution < -0.4 is 4.90 Å². The molecule has 0 fully saturated rings. The third-order valence-electron chi connectivity index (χ3n) is 13.7. The van der Waals surface area contributed by atoms with Crippen LogP contribution in [0.2, 0.25) is 0 Å². The zero-order valence-electron chi connectivity index (χ0n) is 42.1. The second-order valence-electron chi connectivity index (χ2n) is 18.8. The molecule has 0 saturated carbocycles. The molecule has 0 aliphatic carbocycles. The van der Waals surface area contributed by atoms with E-state index in [0.717, 1.165) is 66.9 Å². The minimum Gasteiger partial charge on any atom is -0.311 e. The summed E-state index contributed by atoms with van der Waals surface area (Å²) in [6.07, 6.45) is 17.5. The van der Waals surface area contributed by atoms with Crippen molar-refractivity contribution >= 4 is 80.3 Å². The molecule has 1 atom stereocenters. The topological polar surface area (TPSA) is 64.4 Å². The lowest BCUT2D eigenvalue weighted by molar-refractivity contribution is -0.141. The molecule has 366 valence electrons. The second kappa shape index (κ2) is 25.2. The van der Waals surface area contributed by atoms with Crippen molar-refractivity contribution in [2.24, 2.45) is 5.92 Å². The monoisotopic (exact) mass is 1010 g/mol. The van der Waals surface area contributed by atoms with Gasteiger partial charge in [0.2, 0.25) is 0 Å². The molecule has 2 amide bonds. The molecule has 0 saturated heterocycles. The summed E-state index contributed by atoms with van der Waals surface area (Å²) in [4.78, 5) is 41.4. The van der Waals surface area contributed by atoms with Crippen LogP contribution in [0.5, 0.6) is 0 Å². The number of hydrogen-bond acceptors (Lipinski definition) is 8. The van der Waals surface area contributed by atoms with E-state index < -0.39 is 5.91 Å². The quantitative estimate of drug-likeness (QED) is 0.0344. The van der Waals surface area contributed by atoms with Crippen molar-refractivity contribution < 1.29 is 9.59 Å². The first-order valence-electron chi connectivity index (χ1n) is 25.9. The molecule has 1 unspecified atom stereocenters. The van der Waals surface area contributed by atoms with E-state index in [1.54, 1.807) is 18.3 Å². The molecule has 0 bridgehead atoms. The van der Waals surface area contributed by atoms with E-state index in [1.807, 2.05) is 40.1 Å². The van der Waals surface area contributed by atoms with Gasteiger partial charge in [-0.05, 0) is 146 Å². The van der Waals surface area contributed by atoms with Crippen molar-refractivity contribution in [1.29, 1.82) is 5.26 Å². The molecule has 1 aliphatic heterocycles. The lowest BCUT2D eigenvalue weighted by atomic mass is 9.92. The summed E-state index contributed by atoms with van der Waals surface area (Å²) in [5.41, 5.74) is 8.35. The summed E-state index contributed by atoms with van der Waals surface area (Å²) < 4.78 is 0. The van der Waals surface area contributed by atoms with Gasteiger partial charge in [-0.15, -0.1) is 45.3 Å². The van der Waals surface area contributed by atoms with Crippen LogP contribution in [-0.4, -0.2) is 23.3 Å². The number of imide groups is 1. The Labute approximate surface area is 438 Å². The van der Waals surface area contributed by atoms with Crippen molar-refractivity contribution in [1.82, 2.24) is 4.90 Å². The van der Waals surface area contributed by atoms with Crippen LogP contribution in [0.1, 0.15) is 128 Å². The Morgan fingerprint density at radius 3 is 1.66 bits per heavy atom. The zero-order valence-corrected chi connectivity index (χ0v) is 45.4. The van der Waals surface area contributed by atoms with Gasteiger partial charge in [0, 0.05) is 68.2 Å². The summed E-state index contributed by atoms with van der Waals surface area (Å²) in [5.74, 6) is -0.543. The number of aryl methyl sites for hydroxylation is 2. The third-order valence-corrected chi connectivity index (χ3v) is 18.8. The van der Waals surface area contributed by atoms with Gasteiger partial charge < -0.3 is 4.90 Å². The van der Waals surface area contributed by atoms with Gasteiger partial charge in [0.05, 0.1) is 0 Å². The van der Waals surface area contributed by atoms with Gasteiger partial charge in [0.1, 0.15) is 11.6 Å². The fourth-order valence-electron chi connectivity index (χ4n) is 9.54. The normalized spacial score (nSPS) is 13.9. The molecule has 3 aromatic carbocycles. The molecule has 0 spiro atoms. The molecule has 7 aromatic rings. The first-order valence-corrected chi connectivity index (χ1v) is 29.2. The number of hydrogen-bond donors (Lipinski definition) is 0. The van der Waals surface area contributed by atoms with Crippen molar-refractivity contribution in [2.75, 3.05) is 11.4 Å². The molecular formula is C62H67N3O2S4. The number of nitrogens with zero attached hydrogens (tertiary/aromatic N) is 3. The number of carbonyl (C=O) groups excluding carboxylic acids is 2. The van der Waals surface area contributed by atoms with E-state index in [-0.39, 0.29) is 17.4 Å². The van der Waals surface area contributed by atoms with Gasteiger partial charge >= 0.3 is 0 Å². The Kier molecular flexibility index (Phi) is 18.3. The Morgan fingerprint density at radius 2 is 1.11 bits per heavy atom.